The molecule has 3 aliphatic rings. The molecule has 1 amide bonds. The minimum absolute atomic E-state index is 0.0914. The number of aryl methyl sites for hydroxylation is 1. The van der Waals surface area contributed by atoms with Gasteiger partial charge in [0, 0.05) is 6.04 Å². The summed E-state index contributed by atoms with van der Waals surface area (Å²) in [4.78, 5) is 15.1. The van der Waals surface area contributed by atoms with Crippen molar-refractivity contribution in [1.82, 2.24) is 10.2 Å². The molecule has 1 N–H and O–H groups in total. The van der Waals surface area contributed by atoms with Crippen LogP contribution in [-0.4, -0.2) is 22.4 Å². The van der Waals surface area contributed by atoms with Crippen LogP contribution in [0.25, 0.3) is 0 Å². The quantitative estimate of drug-likeness (QED) is 0.896. The van der Waals surface area contributed by atoms with Crippen molar-refractivity contribution in [2.24, 2.45) is 0 Å². The van der Waals surface area contributed by atoms with E-state index in [1.54, 1.807) is 0 Å². The molecule has 1 heterocycles. The third-order valence-electron chi connectivity index (χ3n) is 5.13. The van der Waals surface area contributed by atoms with Crippen LogP contribution in [0.15, 0.2) is 24.3 Å². The van der Waals surface area contributed by atoms with Gasteiger partial charge >= 0.3 is 0 Å². The van der Waals surface area contributed by atoms with E-state index < -0.39 is 0 Å². The van der Waals surface area contributed by atoms with Crippen LogP contribution in [0.4, 0.5) is 0 Å². The molecule has 1 saturated heterocycles. The lowest BCUT2D eigenvalue weighted by atomic mass is 9.98. The number of hydrogen-bond donors (Lipinski definition) is 1. The Bertz CT molecular complexity index is 526. The molecule has 0 aromatic heterocycles. The molecule has 3 heteroatoms. The predicted octanol–water partition coefficient (Wildman–Crippen LogP) is 2.90. The topological polar surface area (TPSA) is 32.3 Å². The van der Waals surface area contributed by atoms with Crippen molar-refractivity contribution in [1.29, 1.82) is 0 Å². The van der Waals surface area contributed by atoms with Gasteiger partial charge in [-0.3, -0.25) is 10.1 Å². The van der Waals surface area contributed by atoms with Crippen LogP contribution in [0, 0.1) is 6.92 Å². The largest absolute Gasteiger partial charge is 0.318 e. The van der Waals surface area contributed by atoms with Gasteiger partial charge < -0.3 is 4.90 Å². The Hall–Kier alpha value is -1.35. The third-order valence-corrected chi connectivity index (χ3v) is 5.13. The van der Waals surface area contributed by atoms with Gasteiger partial charge in [0.15, 0.2) is 0 Å². The molecule has 1 aromatic rings. The second-order valence-corrected chi connectivity index (χ2v) is 6.69. The first-order valence-electron chi connectivity index (χ1n) is 7.87. The number of carbonyl (C=O) groups is 1. The molecule has 1 unspecified atom stereocenters. The van der Waals surface area contributed by atoms with Gasteiger partial charge in [-0.25, -0.2) is 0 Å². The Labute approximate surface area is 120 Å². The lowest BCUT2D eigenvalue weighted by Gasteiger charge is -2.24. The van der Waals surface area contributed by atoms with E-state index in [1.165, 1.54) is 36.8 Å². The van der Waals surface area contributed by atoms with E-state index in [0.717, 1.165) is 12.8 Å². The number of rotatable bonds is 2. The number of hydrogen-bond acceptors (Lipinski definition) is 2. The summed E-state index contributed by atoms with van der Waals surface area (Å²) in [6.45, 7) is 2.11. The van der Waals surface area contributed by atoms with Crippen molar-refractivity contribution in [2.75, 3.05) is 0 Å². The van der Waals surface area contributed by atoms with Crippen molar-refractivity contribution in [2.45, 2.75) is 63.2 Å². The fourth-order valence-electron chi connectivity index (χ4n) is 3.82. The SMILES string of the molecule is Cc1ccc(C2NC3(CCCC3)C(=O)N2C2CC2)cc1. The van der Waals surface area contributed by atoms with Crippen molar-refractivity contribution in [3.8, 4) is 0 Å². The average Bonchev–Trinajstić information content (AvgIpc) is 3.10. The van der Waals surface area contributed by atoms with Crippen LogP contribution in [0.2, 0.25) is 0 Å². The van der Waals surface area contributed by atoms with Crippen LogP contribution in [0.5, 0.6) is 0 Å². The average molecular weight is 270 g/mol. The summed E-state index contributed by atoms with van der Waals surface area (Å²) in [5.41, 5.74) is 2.25. The van der Waals surface area contributed by atoms with Gasteiger partial charge in [0.2, 0.25) is 5.91 Å². The number of benzene rings is 1. The Kier molecular flexibility index (Phi) is 2.68. The molecule has 0 bridgehead atoms. The summed E-state index contributed by atoms with van der Waals surface area (Å²) < 4.78 is 0. The lowest BCUT2D eigenvalue weighted by molar-refractivity contribution is -0.133. The van der Waals surface area contributed by atoms with E-state index in [2.05, 4.69) is 41.4 Å². The van der Waals surface area contributed by atoms with Gasteiger partial charge in [0.1, 0.15) is 6.17 Å². The second kappa shape index (κ2) is 4.32. The van der Waals surface area contributed by atoms with E-state index in [1.807, 2.05) is 0 Å². The van der Waals surface area contributed by atoms with Gasteiger partial charge in [-0.05, 0) is 38.2 Å². The molecule has 1 aromatic carbocycles. The maximum Gasteiger partial charge on any atom is 0.244 e. The molecule has 106 valence electrons. The van der Waals surface area contributed by atoms with E-state index in [9.17, 15) is 4.79 Å². The Morgan fingerprint density at radius 3 is 2.40 bits per heavy atom. The van der Waals surface area contributed by atoms with Crippen LogP contribution in [0.3, 0.4) is 0 Å². The molecule has 1 aliphatic heterocycles. The van der Waals surface area contributed by atoms with E-state index >= 15 is 0 Å². The number of carbonyl (C=O) groups excluding carboxylic acids is 1. The Morgan fingerprint density at radius 2 is 1.80 bits per heavy atom. The second-order valence-electron chi connectivity index (χ2n) is 6.69. The highest BCUT2D eigenvalue weighted by atomic mass is 16.2. The zero-order chi connectivity index (χ0) is 13.7. The number of nitrogens with one attached hydrogen (secondary N) is 1. The summed E-state index contributed by atoms with van der Waals surface area (Å²) in [5, 5.41) is 3.70. The molecule has 1 spiro atoms. The zero-order valence-electron chi connectivity index (χ0n) is 12.1. The van der Waals surface area contributed by atoms with Crippen molar-refractivity contribution < 1.29 is 4.79 Å². The molecule has 4 rings (SSSR count). The number of amides is 1. The van der Waals surface area contributed by atoms with E-state index in [4.69, 9.17) is 0 Å². The molecule has 0 radical (unpaired) electrons. The van der Waals surface area contributed by atoms with Gasteiger partial charge in [-0.15, -0.1) is 0 Å². The maximum atomic E-state index is 12.9. The highest BCUT2D eigenvalue weighted by Crippen LogP contribution is 2.45. The molecule has 2 saturated carbocycles. The molecular weight excluding hydrogens is 248 g/mol. The van der Waals surface area contributed by atoms with Crippen LogP contribution >= 0.6 is 0 Å². The normalized spacial score (nSPS) is 28.6. The third kappa shape index (κ3) is 1.80. The van der Waals surface area contributed by atoms with E-state index in [0.29, 0.717) is 11.9 Å². The van der Waals surface area contributed by atoms with Gasteiger partial charge in [-0.2, -0.15) is 0 Å². The molecule has 2 aliphatic carbocycles. The first kappa shape index (κ1) is 12.4. The van der Waals surface area contributed by atoms with Gasteiger partial charge in [0.05, 0.1) is 5.54 Å². The number of nitrogens with zero attached hydrogens (tertiary/aromatic N) is 1. The minimum atomic E-state index is -0.252. The summed E-state index contributed by atoms with van der Waals surface area (Å²) >= 11 is 0. The molecule has 1 atom stereocenters. The van der Waals surface area contributed by atoms with Gasteiger partial charge in [0.25, 0.3) is 0 Å². The predicted molar refractivity (Wildman–Crippen MR) is 78.1 cm³/mol. The fourth-order valence-corrected chi connectivity index (χ4v) is 3.82. The first-order valence-corrected chi connectivity index (χ1v) is 7.87. The van der Waals surface area contributed by atoms with Crippen LogP contribution < -0.4 is 5.32 Å². The van der Waals surface area contributed by atoms with E-state index in [-0.39, 0.29) is 11.7 Å². The standard InChI is InChI=1S/C17H22N2O/c1-12-4-6-13(7-5-12)15-18-17(10-2-3-11-17)16(20)19(15)14-8-9-14/h4-7,14-15,18H,2-3,8-11H2,1H3. The Balaban J connectivity index is 1.70. The van der Waals surface area contributed by atoms with Crippen molar-refractivity contribution >= 4 is 5.91 Å². The lowest BCUT2D eigenvalue weighted by Crippen LogP contribution is -2.44. The zero-order valence-corrected chi connectivity index (χ0v) is 12.1. The Morgan fingerprint density at radius 1 is 1.15 bits per heavy atom. The summed E-state index contributed by atoms with van der Waals surface area (Å²) in [6, 6.07) is 9.10. The van der Waals surface area contributed by atoms with Crippen molar-refractivity contribution in [3.63, 3.8) is 0 Å². The first-order chi connectivity index (χ1) is 9.70. The van der Waals surface area contributed by atoms with Crippen molar-refractivity contribution in [3.05, 3.63) is 35.4 Å². The minimum Gasteiger partial charge on any atom is -0.318 e. The molecule has 3 nitrogen and oxygen atoms in total. The fraction of sp³-hybridized carbons (Fsp3) is 0.588. The summed E-state index contributed by atoms with van der Waals surface area (Å²) in [7, 11) is 0. The highest BCUT2D eigenvalue weighted by Gasteiger charge is 2.55. The van der Waals surface area contributed by atoms with Crippen LogP contribution in [-0.2, 0) is 4.79 Å². The summed E-state index contributed by atoms with van der Waals surface area (Å²) in [5.74, 6) is 0.364. The van der Waals surface area contributed by atoms with Gasteiger partial charge in [-0.1, -0.05) is 42.7 Å². The molecular formula is C17H22N2O. The highest BCUT2D eigenvalue weighted by molar-refractivity contribution is 5.90. The smallest absolute Gasteiger partial charge is 0.244 e. The molecule has 3 fully saturated rings. The monoisotopic (exact) mass is 270 g/mol. The summed E-state index contributed by atoms with van der Waals surface area (Å²) in [6.07, 6.45) is 6.82. The van der Waals surface area contributed by atoms with Crippen LogP contribution in [0.1, 0.15) is 55.8 Å². The maximum absolute atomic E-state index is 12.9. The molecule has 20 heavy (non-hydrogen) atoms.